The first-order valence-corrected chi connectivity index (χ1v) is 7.77. The first kappa shape index (κ1) is 16.3. The highest BCUT2D eigenvalue weighted by Crippen LogP contribution is 2.22. The molecule has 0 saturated heterocycles. The van der Waals surface area contributed by atoms with Crippen LogP contribution in [0, 0.1) is 5.92 Å². The molecule has 1 aromatic rings. The minimum atomic E-state index is 0.162. The molecule has 1 unspecified atom stereocenters. The van der Waals surface area contributed by atoms with Crippen LogP contribution in [0.15, 0.2) is 18.3 Å². The summed E-state index contributed by atoms with van der Waals surface area (Å²) < 4.78 is 0. The predicted molar refractivity (Wildman–Crippen MR) is 85.2 cm³/mol. The van der Waals surface area contributed by atoms with Crippen LogP contribution in [-0.2, 0) is 5.41 Å². The molecule has 0 radical (unpaired) electrons. The summed E-state index contributed by atoms with van der Waals surface area (Å²) in [5, 5.41) is 3.42. The molecule has 0 aromatic carbocycles. The molecule has 0 fully saturated rings. The van der Waals surface area contributed by atoms with Crippen molar-refractivity contribution in [3.8, 4) is 0 Å². The van der Waals surface area contributed by atoms with Gasteiger partial charge in [-0.1, -0.05) is 40.2 Å². The highest BCUT2D eigenvalue weighted by Gasteiger charge is 2.13. The Morgan fingerprint density at radius 3 is 2.47 bits per heavy atom. The van der Waals surface area contributed by atoms with Crippen LogP contribution >= 0.6 is 11.6 Å². The Kier molecular flexibility index (Phi) is 6.64. The third-order valence-corrected chi connectivity index (χ3v) is 3.63. The van der Waals surface area contributed by atoms with E-state index in [-0.39, 0.29) is 5.41 Å². The van der Waals surface area contributed by atoms with E-state index in [2.05, 4.69) is 50.1 Å². The molecule has 1 heterocycles. The largest absolute Gasteiger partial charge is 0.370 e. The third kappa shape index (κ3) is 5.82. The SMILES string of the molecule is CCCC(CCCl)CNc1ccc(C(C)(C)C)cn1. The van der Waals surface area contributed by atoms with Crippen molar-refractivity contribution in [2.45, 2.75) is 52.4 Å². The van der Waals surface area contributed by atoms with Crippen LogP contribution in [0.1, 0.15) is 52.5 Å². The Bertz CT molecular complexity index is 348. The molecule has 0 aliphatic carbocycles. The first-order valence-electron chi connectivity index (χ1n) is 7.23. The van der Waals surface area contributed by atoms with Crippen LogP contribution in [0.5, 0.6) is 0 Å². The Morgan fingerprint density at radius 2 is 2.00 bits per heavy atom. The summed E-state index contributed by atoms with van der Waals surface area (Å²) in [6, 6.07) is 4.23. The van der Waals surface area contributed by atoms with Gasteiger partial charge >= 0.3 is 0 Å². The molecule has 0 bridgehead atoms. The second-order valence-corrected chi connectivity index (χ2v) is 6.57. The molecule has 0 aliphatic heterocycles. The lowest BCUT2D eigenvalue weighted by atomic mass is 9.88. The zero-order valence-electron chi connectivity index (χ0n) is 12.7. The number of halogens is 1. The number of nitrogens with zero attached hydrogens (tertiary/aromatic N) is 1. The maximum Gasteiger partial charge on any atom is 0.125 e. The lowest BCUT2D eigenvalue weighted by molar-refractivity contribution is 0.489. The Balaban J connectivity index is 2.53. The van der Waals surface area contributed by atoms with Gasteiger partial charge < -0.3 is 5.32 Å². The van der Waals surface area contributed by atoms with Crippen LogP contribution in [0.2, 0.25) is 0 Å². The molecule has 1 N–H and O–H groups in total. The lowest BCUT2D eigenvalue weighted by Crippen LogP contribution is -2.16. The minimum absolute atomic E-state index is 0.162. The van der Waals surface area contributed by atoms with E-state index in [9.17, 15) is 0 Å². The molecule has 1 atom stereocenters. The number of nitrogens with one attached hydrogen (secondary N) is 1. The zero-order chi connectivity index (χ0) is 14.3. The number of alkyl halides is 1. The average Bonchev–Trinajstić information content (AvgIpc) is 2.36. The molecule has 0 aliphatic rings. The normalized spacial score (nSPS) is 13.3. The number of anilines is 1. The second-order valence-electron chi connectivity index (χ2n) is 6.20. The van der Waals surface area contributed by atoms with E-state index < -0.39 is 0 Å². The Morgan fingerprint density at radius 1 is 1.26 bits per heavy atom. The molecule has 3 heteroatoms. The highest BCUT2D eigenvalue weighted by molar-refractivity contribution is 6.17. The third-order valence-electron chi connectivity index (χ3n) is 3.42. The van der Waals surface area contributed by atoms with Gasteiger partial charge in [0.25, 0.3) is 0 Å². The topological polar surface area (TPSA) is 24.9 Å². The number of rotatable bonds is 7. The maximum atomic E-state index is 5.84. The predicted octanol–water partition coefficient (Wildman–Crippen LogP) is 4.84. The summed E-state index contributed by atoms with van der Waals surface area (Å²) >= 11 is 5.84. The fraction of sp³-hybridized carbons (Fsp3) is 0.688. The Labute approximate surface area is 123 Å². The van der Waals surface area contributed by atoms with Crippen molar-refractivity contribution in [2.24, 2.45) is 5.92 Å². The highest BCUT2D eigenvalue weighted by atomic mass is 35.5. The van der Waals surface area contributed by atoms with Gasteiger partial charge in [-0.15, -0.1) is 11.6 Å². The lowest BCUT2D eigenvalue weighted by Gasteiger charge is -2.19. The average molecular weight is 283 g/mol. The standard InChI is InChI=1S/C16H27ClN2/c1-5-6-13(9-10-17)11-18-15-8-7-14(12-19-15)16(2,3)4/h7-8,12-13H,5-6,9-11H2,1-4H3,(H,18,19). The van der Waals surface area contributed by atoms with Crippen LogP contribution in [0.25, 0.3) is 0 Å². The summed E-state index contributed by atoms with van der Waals surface area (Å²) in [7, 11) is 0. The molecule has 0 saturated carbocycles. The van der Waals surface area contributed by atoms with Gasteiger partial charge in [0.05, 0.1) is 0 Å². The van der Waals surface area contributed by atoms with E-state index in [1.54, 1.807) is 0 Å². The van der Waals surface area contributed by atoms with E-state index in [0.29, 0.717) is 5.92 Å². The van der Waals surface area contributed by atoms with E-state index in [1.807, 2.05) is 6.20 Å². The number of aromatic nitrogens is 1. The van der Waals surface area contributed by atoms with Crippen molar-refractivity contribution in [1.29, 1.82) is 0 Å². The van der Waals surface area contributed by atoms with Crippen molar-refractivity contribution < 1.29 is 0 Å². The van der Waals surface area contributed by atoms with Crippen LogP contribution in [0.4, 0.5) is 5.82 Å². The van der Waals surface area contributed by atoms with Crippen molar-refractivity contribution in [2.75, 3.05) is 17.7 Å². The van der Waals surface area contributed by atoms with Gasteiger partial charge in [0.15, 0.2) is 0 Å². The number of pyridine rings is 1. The smallest absolute Gasteiger partial charge is 0.125 e. The maximum absolute atomic E-state index is 5.84. The zero-order valence-corrected chi connectivity index (χ0v) is 13.4. The van der Waals surface area contributed by atoms with E-state index in [1.165, 1.54) is 18.4 Å². The summed E-state index contributed by atoms with van der Waals surface area (Å²) in [6.07, 6.45) is 5.47. The van der Waals surface area contributed by atoms with Gasteiger partial charge in [0, 0.05) is 18.6 Å². The summed E-state index contributed by atoms with van der Waals surface area (Å²) in [6.45, 7) is 9.79. The molecular weight excluding hydrogens is 256 g/mol. The number of hydrogen-bond acceptors (Lipinski definition) is 2. The van der Waals surface area contributed by atoms with Gasteiger partial charge in [0.2, 0.25) is 0 Å². The molecule has 2 nitrogen and oxygen atoms in total. The summed E-state index contributed by atoms with van der Waals surface area (Å²) in [5.74, 6) is 2.35. The molecule has 0 spiro atoms. The van der Waals surface area contributed by atoms with Crippen molar-refractivity contribution in [3.05, 3.63) is 23.9 Å². The molecule has 1 rings (SSSR count). The van der Waals surface area contributed by atoms with Crippen LogP contribution in [-0.4, -0.2) is 17.4 Å². The van der Waals surface area contributed by atoms with Crippen molar-refractivity contribution >= 4 is 17.4 Å². The molecule has 108 valence electrons. The van der Waals surface area contributed by atoms with E-state index in [0.717, 1.165) is 24.7 Å². The van der Waals surface area contributed by atoms with Crippen LogP contribution < -0.4 is 5.32 Å². The van der Waals surface area contributed by atoms with Gasteiger partial charge in [-0.05, 0) is 35.8 Å². The van der Waals surface area contributed by atoms with Crippen molar-refractivity contribution in [1.82, 2.24) is 4.98 Å². The van der Waals surface area contributed by atoms with Crippen molar-refractivity contribution in [3.63, 3.8) is 0 Å². The van der Waals surface area contributed by atoms with Gasteiger partial charge in [-0.25, -0.2) is 4.98 Å². The van der Waals surface area contributed by atoms with E-state index in [4.69, 9.17) is 11.6 Å². The first-order chi connectivity index (χ1) is 8.97. The monoisotopic (exact) mass is 282 g/mol. The second kappa shape index (κ2) is 7.74. The summed E-state index contributed by atoms with van der Waals surface area (Å²) in [4.78, 5) is 4.49. The fourth-order valence-corrected chi connectivity index (χ4v) is 2.41. The molecular formula is C16H27ClN2. The molecule has 19 heavy (non-hydrogen) atoms. The van der Waals surface area contributed by atoms with Gasteiger partial charge in [-0.3, -0.25) is 0 Å². The van der Waals surface area contributed by atoms with Crippen LogP contribution in [0.3, 0.4) is 0 Å². The van der Waals surface area contributed by atoms with Gasteiger partial charge in [0.1, 0.15) is 5.82 Å². The Hall–Kier alpha value is -0.760. The van der Waals surface area contributed by atoms with Gasteiger partial charge in [-0.2, -0.15) is 0 Å². The molecule has 1 aromatic heterocycles. The fourth-order valence-electron chi connectivity index (χ4n) is 2.10. The molecule has 0 amide bonds. The number of hydrogen-bond donors (Lipinski definition) is 1. The summed E-state index contributed by atoms with van der Waals surface area (Å²) in [5.41, 5.74) is 1.43. The minimum Gasteiger partial charge on any atom is -0.370 e. The van der Waals surface area contributed by atoms with E-state index >= 15 is 0 Å². The quantitative estimate of drug-likeness (QED) is 0.724.